The molecule has 1 aliphatic heterocycles. The molecule has 3 rings (SSSR count). The van der Waals surface area contributed by atoms with Crippen LogP contribution in [0.1, 0.15) is 25.3 Å². The van der Waals surface area contributed by atoms with Crippen LogP contribution in [0.5, 0.6) is 0 Å². The largest absolute Gasteiger partial charge is 0.312 e. The van der Waals surface area contributed by atoms with Crippen LogP contribution in [-0.2, 0) is 21.2 Å². The molecule has 0 unspecified atom stereocenters. The van der Waals surface area contributed by atoms with E-state index in [2.05, 4.69) is 4.72 Å². The zero-order valence-electron chi connectivity index (χ0n) is 13.8. The van der Waals surface area contributed by atoms with Gasteiger partial charge in [0.1, 0.15) is 0 Å². The summed E-state index contributed by atoms with van der Waals surface area (Å²) in [7, 11) is -3.74. The fourth-order valence-corrected chi connectivity index (χ4v) is 4.29. The van der Waals surface area contributed by atoms with Crippen molar-refractivity contribution in [1.29, 1.82) is 0 Å². The number of rotatable bonds is 4. The van der Waals surface area contributed by atoms with Gasteiger partial charge in [-0.05, 0) is 48.7 Å². The van der Waals surface area contributed by atoms with E-state index < -0.39 is 10.0 Å². The summed E-state index contributed by atoms with van der Waals surface area (Å²) in [4.78, 5) is 14.0. The second-order valence-electron chi connectivity index (χ2n) is 5.91. The van der Waals surface area contributed by atoms with E-state index in [9.17, 15) is 13.2 Å². The molecule has 0 spiro atoms. The Morgan fingerprint density at radius 3 is 2.76 bits per heavy atom. The van der Waals surface area contributed by atoms with Gasteiger partial charge >= 0.3 is 0 Å². The fourth-order valence-electron chi connectivity index (χ4n) is 2.94. The number of fused-ring (bicyclic) bond motifs is 1. The first-order valence-electron chi connectivity index (χ1n) is 8.12. The van der Waals surface area contributed by atoms with Crippen LogP contribution < -0.4 is 9.62 Å². The zero-order chi connectivity index (χ0) is 18.0. The molecule has 0 atom stereocenters. The molecule has 132 valence electrons. The van der Waals surface area contributed by atoms with E-state index >= 15 is 0 Å². The molecule has 0 radical (unpaired) electrons. The van der Waals surface area contributed by atoms with E-state index in [1.54, 1.807) is 29.2 Å². The number of hydrogen-bond acceptors (Lipinski definition) is 3. The molecule has 2 aromatic carbocycles. The second-order valence-corrected chi connectivity index (χ2v) is 8.03. The maximum atomic E-state index is 12.5. The van der Waals surface area contributed by atoms with Crippen molar-refractivity contribution in [2.24, 2.45) is 0 Å². The van der Waals surface area contributed by atoms with Crippen LogP contribution in [0.25, 0.3) is 0 Å². The molecule has 7 heteroatoms. The first-order valence-corrected chi connectivity index (χ1v) is 9.98. The van der Waals surface area contributed by atoms with Gasteiger partial charge in [-0.3, -0.25) is 9.52 Å². The number of aryl methyl sites for hydroxylation is 1. The molecule has 0 fully saturated rings. The summed E-state index contributed by atoms with van der Waals surface area (Å²) in [5.41, 5.74) is 2.26. The van der Waals surface area contributed by atoms with Crippen LogP contribution in [-0.4, -0.2) is 20.9 Å². The van der Waals surface area contributed by atoms with Crippen LogP contribution >= 0.6 is 11.6 Å². The quantitative estimate of drug-likeness (QED) is 0.879. The Labute approximate surface area is 152 Å². The smallest absolute Gasteiger partial charge is 0.261 e. The third kappa shape index (κ3) is 3.80. The third-order valence-electron chi connectivity index (χ3n) is 4.17. The fraction of sp³-hybridized carbons (Fsp3) is 0.278. The number of sulfonamides is 1. The van der Waals surface area contributed by atoms with Gasteiger partial charge in [0, 0.05) is 23.7 Å². The molecule has 0 aliphatic carbocycles. The molecule has 0 saturated carbocycles. The number of benzene rings is 2. The molecule has 2 aromatic rings. The molecule has 1 aliphatic rings. The van der Waals surface area contributed by atoms with Gasteiger partial charge in [-0.1, -0.05) is 30.7 Å². The van der Waals surface area contributed by atoms with Crippen molar-refractivity contribution < 1.29 is 13.2 Å². The number of amides is 1. The summed E-state index contributed by atoms with van der Waals surface area (Å²) in [5, 5.41) is 0.355. The van der Waals surface area contributed by atoms with Crippen LogP contribution in [0.2, 0.25) is 5.02 Å². The topological polar surface area (TPSA) is 66.5 Å². The van der Waals surface area contributed by atoms with Gasteiger partial charge in [0.25, 0.3) is 10.0 Å². The van der Waals surface area contributed by atoms with Gasteiger partial charge in [-0.15, -0.1) is 0 Å². The summed E-state index contributed by atoms with van der Waals surface area (Å²) < 4.78 is 27.7. The lowest BCUT2D eigenvalue weighted by atomic mass is 10.0. The van der Waals surface area contributed by atoms with Gasteiger partial charge in [-0.25, -0.2) is 8.42 Å². The average molecular weight is 379 g/mol. The standard InChI is InChI=1S/C18H19ClN2O3S/c1-2-18(22)21-10-4-5-13-8-9-15(12-17(13)21)20-25(23,24)16-7-3-6-14(19)11-16/h3,6-9,11-12,20H,2,4-5,10H2,1H3. The summed E-state index contributed by atoms with van der Waals surface area (Å²) >= 11 is 5.88. The SMILES string of the molecule is CCC(=O)N1CCCc2ccc(NS(=O)(=O)c3cccc(Cl)c3)cc21. The van der Waals surface area contributed by atoms with E-state index in [1.807, 2.05) is 13.0 Å². The highest BCUT2D eigenvalue weighted by Gasteiger charge is 2.23. The van der Waals surface area contributed by atoms with Crippen molar-refractivity contribution in [1.82, 2.24) is 0 Å². The van der Waals surface area contributed by atoms with Crippen LogP contribution in [0.4, 0.5) is 11.4 Å². The molecule has 25 heavy (non-hydrogen) atoms. The number of nitrogens with zero attached hydrogens (tertiary/aromatic N) is 1. The average Bonchev–Trinajstić information content (AvgIpc) is 2.60. The molecule has 5 nitrogen and oxygen atoms in total. The zero-order valence-corrected chi connectivity index (χ0v) is 15.4. The minimum Gasteiger partial charge on any atom is -0.312 e. The number of carbonyl (C=O) groups excluding carboxylic acids is 1. The molecular formula is C18H19ClN2O3S. The molecule has 0 saturated heterocycles. The van der Waals surface area contributed by atoms with Crippen LogP contribution in [0, 0.1) is 0 Å². The molecule has 1 heterocycles. The third-order valence-corrected chi connectivity index (χ3v) is 5.78. The Morgan fingerprint density at radius 1 is 1.24 bits per heavy atom. The monoisotopic (exact) mass is 378 g/mol. The summed E-state index contributed by atoms with van der Waals surface area (Å²) in [6.07, 6.45) is 2.20. The number of halogens is 1. The number of anilines is 2. The van der Waals surface area contributed by atoms with E-state index in [4.69, 9.17) is 11.6 Å². The molecule has 1 amide bonds. The lowest BCUT2D eigenvalue weighted by Crippen LogP contribution is -2.35. The summed E-state index contributed by atoms with van der Waals surface area (Å²) in [6, 6.07) is 11.4. The Morgan fingerprint density at radius 2 is 2.04 bits per heavy atom. The summed E-state index contributed by atoms with van der Waals surface area (Å²) in [5.74, 6) is 0.0378. The van der Waals surface area contributed by atoms with Crippen LogP contribution in [0.3, 0.4) is 0 Å². The molecular weight excluding hydrogens is 360 g/mol. The molecule has 0 aromatic heterocycles. The van der Waals surface area contributed by atoms with E-state index in [-0.39, 0.29) is 10.8 Å². The minimum absolute atomic E-state index is 0.0378. The van der Waals surface area contributed by atoms with Crippen molar-refractivity contribution in [3.63, 3.8) is 0 Å². The highest BCUT2D eigenvalue weighted by molar-refractivity contribution is 7.92. The van der Waals surface area contributed by atoms with Crippen molar-refractivity contribution in [2.75, 3.05) is 16.2 Å². The predicted molar refractivity (Wildman–Crippen MR) is 99.7 cm³/mol. The Bertz CT molecular complexity index is 912. The van der Waals surface area contributed by atoms with Gasteiger partial charge < -0.3 is 4.90 Å². The number of hydrogen-bond donors (Lipinski definition) is 1. The first kappa shape index (κ1) is 17.8. The van der Waals surface area contributed by atoms with Gasteiger partial charge in [-0.2, -0.15) is 0 Å². The minimum atomic E-state index is -3.74. The lowest BCUT2D eigenvalue weighted by molar-refractivity contribution is -0.118. The van der Waals surface area contributed by atoms with Crippen molar-refractivity contribution in [3.05, 3.63) is 53.1 Å². The van der Waals surface area contributed by atoms with Gasteiger partial charge in [0.2, 0.25) is 5.91 Å². The number of carbonyl (C=O) groups is 1. The summed E-state index contributed by atoms with van der Waals surface area (Å²) in [6.45, 7) is 2.48. The normalized spacial score (nSPS) is 14.1. The van der Waals surface area contributed by atoms with Gasteiger partial charge in [0.15, 0.2) is 0 Å². The molecule has 1 N–H and O–H groups in total. The van der Waals surface area contributed by atoms with Crippen LogP contribution in [0.15, 0.2) is 47.4 Å². The molecule has 0 bridgehead atoms. The Hall–Kier alpha value is -2.05. The highest BCUT2D eigenvalue weighted by atomic mass is 35.5. The van der Waals surface area contributed by atoms with Crippen molar-refractivity contribution in [3.8, 4) is 0 Å². The van der Waals surface area contributed by atoms with Crippen molar-refractivity contribution in [2.45, 2.75) is 31.1 Å². The maximum absolute atomic E-state index is 12.5. The Kier molecular flexibility index (Phi) is 5.01. The second kappa shape index (κ2) is 7.06. The first-order chi connectivity index (χ1) is 11.9. The highest BCUT2D eigenvalue weighted by Crippen LogP contribution is 2.31. The number of nitrogens with one attached hydrogen (secondary N) is 1. The predicted octanol–water partition coefficient (Wildman–Crippen LogP) is 3.83. The lowest BCUT2D eigenvalue weighted by Gasteiger charge is -2.29. The van der Waals surface area contributed by atoms with E-state index in [0.717, 1.165) is 24.1 Å². The van der Waals surface area contributed by atoms with E-state index in [1.165, 1.54) is 12.1 Å². The van der Waals surface area contributed by atoms with E-state index in [0.29, 0.717) is 23.7 Å². The maximum Gasteiger partial charge on any atom is 0.261 e. The van der Waals surface area contributed by atoms with Crippen molar-refractivity contribution >= 4 is 38.9 Å². The van der Waals surface area contributed by atoms with Gasteiger partial charge in [0.05, 0.1) is 10.6 Å². The Balaban J connectivity index is 1.93.